The van der Waals surface area contributed by atoms with E-state index in [1.165, 1.54) is 0 Å². The van der Waals surface area contributed by atoms with Crippen molar-refractivity contribution >= 4 is 39.2 Å². The van der Waals surface area contributed by atoms with Gasteiger partial charge in [0.2, 0.25) is 0 Å². The highest BCUT2D eigenvalue weighted by atomic mass is 14.9. The first-order chi connectivity index (χ1) is 5.69. The molecule has 0 amide bonds. The van der Waals surface area contributed by atoms with E-state index in [4.69, 9.17) is 0 Å². The molecule has 2 nitrogen and oxygen atoms in total. The van der Waals surface area contributed by atoms with E-state index in [0.717, 1.165) is 22.6 Å². The van der Waals surface area contributed by atoms with Crippen LogP contribution in [0.2, 0.25) is 0 Å². The van der Waals surface area contributed by atoms with Crippen molar-refractivity contribution in [2.75, 3.05) is 0 Å². The summed E-state index contributed by atoms with van der Waals surface area (Å²) in [6.07, 6.45) is 3.48. The topological polar surface area (TPSA) is 25.8 Å². The van der Waals surface area contributed by atoms with Crippen LogP contribution >= 0.6 is 0 Å². The maximum atomic E-state index is 4.22. The Morgan fingerprint density at radius 1 is 1.08 bits per heavy atom. The van der Waals surface area contributed by atoms with Gasteiger partial charge in [-0.15, -0.1) is 0 Å². The van der Waals surface area contributed by atoms with Crippen molar-refractivity contribution in [3.8, 4) is 0 Å². The highest BCUT2D eigenvalue weighted by Gasteiger charge is 2.02. The minimum absolute atomic E-state index is 0.771. The van der Waals surface area contributed by atoms with Crippen molar-refractivity contribution in [2.45, 2.75) is 0 Å². The lowest BCUT2D eigenvalue weighted by Crippen LogP contribution is -2.27. The molecule has 0 spiro atoms. The highest BCUT2D eigenvalue weighted by Crippen LogP contribution is 2.01. The molecule has 0 N–H and O–H groups in total. The number of nitrogens with zero attached hydrogens (tertiary/aromatic N) is 2. The lowest BCUT2D eigenvalue weighted by Gasteiger charge is -2.04. The molecule has 0 saturated carbocycles. The molecule has 0 aliphatic carbocycles. The van der Waals surface area contributed by atoms with E-state index in [2.05, 4.69) is 23.1 Å². The molecule has 0 aliphatic heterocycles. The fraction of sp³-hybridized carbons (Fsp3) is 0. The van der Waals surface area contributed by atoms with Gasteiger partial charge in [0.15, 0.2) is 15.7 Å². The Balaban J connectivity index is 3.43. The molecule has 0 fully saturated rings. The van der Waals surface area contributed by atoms with Crippen LogP contribution in [0.25, 0.3) is 12.2 Å². The summed E-state index contributed by atoms with van der Waals surface area (Å²) in [4.78, 5) is 8.45. The minimum Gasteiger partial charge on any atom is -0.260 e. The quantitative estimate of drug-likeness (QED) is 0.475. The predicted octanol–water partition coefficient (Wildman–Crippen LogP) is -1.72. The summed E-state index contributed by atoms with van der Waals surface area (Å²) in [5.74, 6) is 0. The minimum atomic E-state index is 0.771. The summed E-state index contributed by atoms with van der Waals surface area (Å²) >= 11 is 0. The molecule has 58 valence electrons. The molecule has 0 unspecified atom stereocenters. The second-order valence-electron chi connectivity index (χ2n) is 2.56. The second kappa shape index (κ2) is 3.39. The van der Waals surface area contributed by atoms with E-state index in [1.54, 1.807) is 12.2 Å². The van der Waals surface area contributed by atoms with E-state index in [9.17, 15) is 0 Å². The van der Waals surface area contributed by atoms with Crippen LogP contribution in [0.4, 0.5) is 0 Å². The third-order valence-electron chi connectivity index (χ3n) is 1.67. The van der Waals surface area contributed by atoms with Gasteiger partial charge in [0.05, 0.1) is 11.4 Å². The van der Waals surface area contributed by atoms with E-state index in [1.807, 2.05) is 15.7 Å². The molecule has 0 bridgehead atoms. The molecule has 0 saturated heterocycles. The zero-order valence-electron chi connectivity index (χ0n) is 7.46. The zero-order valence-corrected chi connectivity index (χ0v) is 7.46. The van der Waals surface area contributed by atoms with Gasteiger partial charge in [-0.25, -0.2) is 4.98 Å². The molecule has 1 aromatic rings. The van der Waals surface area contributed by atoms with Gasteiger partial charge in [-0.05, 0) is 6.08 Å². The molecule has 0 radical (unpaired) electrons. The van der Waals surface area contributed by atoms with Crippen LogP contribution in [0.5, 0.6) is 0 Å². The number of aromatic nitrogens is 2. The SMILES string of the molecule is Bc1nc(B)c(C=C)c(C=C)n1. The maximum absolute atomic E-state index is 4.22. The van der Waals surface area contributed by atoms with Gasteiger partial charge in [-0.1, -0.05) is 19.2 Å². The molecule has 0 atom stereocenters. The Morgan fingerprint density at radius 3 is 2.25 bits per heavy atom. The van der Waals surface area contributed by atoms with Gasteiger partial charge >= 0.3 is 0 Å². The smallest absolute Gasteiger partial charge is 0.189 e. The standard InChI is InChI=1S/C8H10B2N2/c1-3-5-6(4-2)11-8(10)12-7(5)9/h3-4H,1-2,9-10H2. The Kier molecular flexibility index (Phi) is 2.48. The normalized spacial score (nSPS) is 9.33. The Labute approximate surface area is 74.3 Å². The molecule has 1 rings (SSSR count). The van der Waals surface area contributed by atoms with Crippen molar-refractivity contribution in [1.29, 1.82) is 0 Å². The van der Waals surface area contributed by atoms with Gasteiger partial charge < -0.3 is 0 Å². The van der Waals surface area contributed by atoms with Crippen molar-refractivity contribution in [3.05, 3.63) is 24.4 Å². The Morgan fingerprint density at radius 2 is 1.75 bits per heavy atom. The van der Waals surface area contributed by atoms with Crippen LogP contribution in [0, 0.1) is 0 Å². The maximum Gasteiger partial charge on any atom is 0.189 e. The van der Waals surface area contributed by atoms with Crippen LogP contribution in [-0.4, -0.2) is 25.7 Å². The van der Waals surface area contributed by atoms with Crippen molar-refractivity contribution in [1.82, 2.24) is 9.97 Å². The average molecular weight is 156 g/mol. The summed E-state index contributed by atoms with van der Waals surface area (Å²) in [5, 5.41) is 0. The number of hydrogen-bond acceptors (Lipinski definition) is 2. The third-order valence-corrected chi connectivity index (χ3v) is 1.67. The van der Waals surface area contributed by atoms with E-state index in [-0.39, 0.29) is 0 Å². The largest absolute Gasteiger partial charge is 0.260 e. The average Bonchev–Trinajstić information content (AvgIpc) is 2.03. The van der Waals surface area contributed by atoms with Crippen molar-refractivity contribution < 1.29 is 0 Å². The molecule has 4 heteroatoms. The first-order valence-electron chi connectivity index (χ1n) is 3.79. The number of rotatable bonds is 2. The summed E-state index contributed by atoms with van der Waals surface area (Å²) in [6, 6.07) is 0. The molecule has 12 heavy (non-hydrogen) atoms. The van der Waals surface area contributed by atoms with E-state index in [0.29, 0.717) is 0 Å². The van der Waals surface area contributed by atoms with Gasteiger partial charge in [0.25, 0.3) is 0 Å². The Bertz CT molecular complexity index is 334. The van der Waals surface area contributed by atoms with E-state index >= 15 is 0 Å². The molecular weight excluding hydrogens is 146 g/mol. The van der Waals surface area contributed by atoms with Crippen LogP contribution in [-0.2, 0) is 0 Å². The summed E-state index contributed by atoms with van der Waals surface area (Å²) in [6.45, 7) is 7.39. The zero-order chi connectivity index (χ0) is 9.14. The van der Waals surface area contributed by atoms with E-state index < -0.39 is 0 Å². The van der Waals surface area contributed by atoms with Gasteiger partial charge in [-0.3, -0.25) is 4.98 Å². The lowest BCUT2D eigenvalue weighted by molar-refractivity contribution is 1.24. The Hall–Kier alpha value is -1.31. The summed E-state index contributed by atoms with van der Waals surface area (Å²) in [5.41, 5.74) is 3.55. The summed E-state index contributed by atoms with van der Waals surface area (Å²) < 4.78 is 0. The van der Waals surface area contributed by atoms with Gasteiger partial charge in [-0.2, -0.15) is 0 Å². The van der Waals surface area contributed by atoms with Crippen LogP contribution in [0.3, 0.4) is 0 Å². The highest BCUT2D eigenvalue weighted by molar-refractivity contribution is 6.35. The molecular formula is C8H10B2N2. The van der Waals surface area contributed by atoms with Crippen molar-refractivity contribution in [3.63, 3.8) is 0 Å². The first kappa shape index (κ1) is 8.78. The third kappa shape index (κ3) is 1.47. The van der Waals surface area contributed by atoms with Gasteiger partial charge in [0.1, 0.15) is 0 Å². The fourth-order valence-corrected chi connectivity index (χ4v) is 1.16. The molecule has 1 heterocycles. The van der Waals surface area contributed by atoms with Crippen LogP contribution in [0.1, 0.15) is 11.3 Å². The summed E-state index contributed by atoms with van der Waals surface area (Å²) in [7, 11) is 3.81. The van der Waals surface area contributed by atoms with Crippen molar-refractivity contribution in [2.24, 2.45) is 0 Å². The van der Waals surface area contributed by atoms with Crippen LogP contribution in [0.15, 0.2) is 13.2 Å². The van der Waals surface area contributed by atoms with Gasteiger partial charge in [0, 0.05) is 11.2 Å². The second-order valence-corrected chi connectivity index (χ2v) is 2.56. The molecule has 1 aromatic heterocycles. The predicted molar refractivity (Wildman–Crippen MR) is 58.6 cm³/mol. The number of hydrogen-bond donors (Lipinski definition) is 0. The lowest BCUT2D eigenvalue weighted by atomic mass is 9.94. The monoisotopic (exact) mass is 156 g/mol. The first-order valence-corrected chi connectivity index (χ1v) is 3.79. The molecule has 0 aliphatic rings. The van der Waals surface area contributed by atoms with Crippen LogP contribution < -0.4 is 11.3 Å². The molecule has 0 aromatic carbocycles. The fourth-order valence-electron chi connectivity index (χ4n) is 1.16.